The van der Waals surface area contributed by atoms with E-state index in [-0.39, 0.29) is 5.78 Å². The van der Waals surface area contributed by atoms with Crippen LogP contribution in [0.4, 0.5) is 0 Å². The largest absolute Gasteiger partial charge is 0.457 e. The van der Waals surface area contributed by atoms with Crippen LogP contribution < -0.4 is 4.74 Å². The summed E-state index contributed by atoms with van der Waals surface area (Å²) in [6.07, 6.45) is 0. The van der Waals surface area contributed by atoms with Crippen molar-refractivity contribution < 1.29 is 9.53 Å². The van der Waals surface area contributed by atoms with Crippen LogP contribution in [0.15, 0.2) is 103 Å². The molecule has 4 aromatic carbocycles. The number of rotatable bonds is 5. The first-order chi connectivity index (χ1) is 13.7. The molecule has 0 aromatic heterocycles. The Bertz CT molecular complexity index is 1080. The second-order valence-corrected chi connectivity index (χ2v) is 6.72. The van der Waals surface area contributed by atoms with Crippen molar-refractivity contribution in [3.8, 4) is 22.6 Å². The molecule has 0 aliphatic heterocycles. The number of hydrogen-bond donors (Lipinski definition) is 0. The van der Waals surface area contributed by atoms with Gasteiger partial charge in [0, 0.05) is 11.1 Å². The quantitative estimate of drug-likeness (QED) is 0.369. The van der Waals surface area contributed by atoms with E-state index in [9.17, 15) is 4.79 Å². The van der Waals surface area contributed by atoms with Crippen LogP contribution in [0.3, 0.4) is 0 Å². The van der Waals surface area contributed by atoms with E-state index in [4.69, 9.17) is 4.74 Å². The van der Waals surface area contributed by atoms with Gasteiger partial charge in [-0.3, -0.25) is 4.79 Å². The summed E-state index contributed by atoms with van der Waals surface area (Å²) in [6, 6.07) is 33.1. The van der Waals surface area contributed by atoms with Crippen LogP contribution >= 0.6 is 0 Å². The molecular formula is C26H20O2. The predicted octanol–water partition coefficient (Wildman–Crippen LogP) is 6.69. The van der Waals surface area contributed by atoms with Crippen LogP contribution in [0.5, 0.6) is 11.5 Å². The molecule has 4 rings (SSSR count). The summed E-state index contributed by atoms with van der Waals surface area (Å²) in [5, 5.41) is 0. The Labute approximate surface area is 165 Å². The molecule has 0 unspecified atom stereocenters. The number of carbonyl (C=O) groups excluding carboxylic acids is 1. The predicted molar refractivity (Wildman–Crippen MR) is 113 cm³/mol. The summed E-state index contributed by atoms with van der Waals surface area (Å²) in [5.74, 6) is 1.47. The zero-order valence-corrected chi connectivity index (χ0v) is 15.6. The van der Waals surface area contributed by atoms with Crippen molar-refractivity contribution in [1.29, 1.82) is 0 Å². The normalized spacial score (nSPS) is 10.5. The van der Waals surface area contributed by atoms with Gasteiger partial charge in [0.15, 0.2) is 5.78 Å². The lowest BCUT2D eigenvalue weighted by Crippen LogP contribution is -2.00. The van der Waals surface area contributed by atoms with Crippen molar-refractivity contribution in [2.24, 2.45) is 0 Å². The number of carbonyl (C=O) groups is 1. The van der Waals surface area contributed by atoms with Crippen molar-refractivity contribution in [2.75, 3.05) is 0 Å². The average molecular weight is 364 g/mol. The number of aryl methyl sites for hydroxylation is 1. The fourth-order valence-corrected chi connectivity index (χ4v) is 3.05. The van der Waals surface area contributed by atoms with Gasteiger partial charge in [-0.05, 0) is 54.4 Å². The van der Waals surface area contributed by atoms with Crippen LogP contribution in [-0.2, 0) is 0 Å². The molecule has 28 heavy (non-hydrogen) atoms. The van der Waals surface area contributed by atoms with Crippen LogP contribution in [0.1, 0.15) is 21.5 Å². The van der Waals surface area contributed by atoms with E-state index in [0.29, 0.717) is 16.9 Å². The topological polar surface area (TPSA) is 26.3 Å². The van der Waals surface area contributed by atoms with E-state index in [1.807, 2.05) is 79.7 Å². The molecule has 0 spiro atoms. The van der Waals surface area contributed by atoms with Gasteiger partial charge in [0.25, 0.3) is 0 Å². The first kappa shape index (κ1) is 17.7. The zero-order valence-electron chi connectivity index (χ0n) is 15.6. The van der Waals surface area contributed by atoms with Crippen molar-refractivity contribution in [1.82, 2.24) is 0 Å². The standard InChI is InChI=1S/C26H20O2/c1-19-10-12-21(13-11-19)26(27)22-14-16-24(17-15-22)28-25-9-5-8-23(18-25)20-6-3-2-4-7-20/h2-18H,1H3. The van der Waals surface area contributed by atoms with Crippen molar-refractivity contribution in [2.45, 2.75) is 6.92 Å². The van der Waals surface area contributed by atoms with Gasteiger partial charge < -0.3 is 4.74 Å². The van der Waals surface area contributed by atoms with Gasteiger partial charge in [0.2, 0.25) is 0 Å². The van der Waals surface area contributed by atoms with Crippen molar-refractivity contribution in [3.63, 3.8) is 0 Å². The lowest BCUT2D eigenvalue weighted by molar-refractivity contribution is 0.103. The van der Waals surface area contributed by atoms with Crippen molar-refractivity contribution in [3.05, 3.63) is 120 Å². The molecule has 0 heterocycles. The molecular weight excluding hydrogens is 344 g/mol. The summed E-state index contributed by atoms with van der Waals surface area (Å²) in [6.45, 7) is 2.01. The SMILES string of the molecule is Cc1ccc(C(=O)c2ccc(Oc3cccc(-c4ccccc4)c3)cc2)cc1. The number of benzene rings is 4. The molecule has 0 fully saturated rings. The molecule has 136 valence electrons. The van der Waals surface area contributed by atoms with E-state index in [1.54, 1.807) is 12.1 Å². The summed E-state index contributed by atoms with van der Waals surface area (Å²) in [5.41, 5.74) is 4.72. The smallest absolute Gasteiger partial charge is 0.193 e. The zero-order chi connectivity index (χ0) is 19.3. The summed E-state index contributed by atoms with van der Waals surface area (Å²) in [4.78, 5) is 12.6. The first-order valence-electron chi connectivity index (χ1n) is 9.24. The number of ketones is 1. The molecule has 0 bridgehead atoms. The third-order valence-corrected chi connectivity index (χ3v) is 4.61. The Balaban J connectivity index is 1.51. The molecule has 4 aromatic rings. The fraction of sp³-hybridized carbons (Fsp3) is 0.0385. The van der Waals surface area contributed by atoms with Crippen LogP contribution in [0, 0.1) is 6.92 Å². The first-order valence-corrected chi connectivity index (χ1v) is 9.24. The van der Waals surface area contributed by atoms with Gasteiger partial charge in [-0.15, -0.1) is 0 Å². The molecule has 0 radical (unpaired) electrons. The van der Waals surface area contributed by atoms with Crippen LogP contribution in [0.2, 0.25) is 0 Å². The maximum Gasteiger partial charge on any atom is 0.193 e. The monoisotopic (exact) mass is 364 g/mol. The highest BCUT2D eigenvalue weighted by Gasteiger charge is 2.09. The lowest BCUT2D eigenvalue weighted by atomic mass is 10.0. The Morgan fingerprint density at radius 3 is 1.89 bits per heavy atom. The van der Waals surface area contributed by atoms with Gasteiger partial charge in [-0.1, -0.05) is 72.3 Å². The van der Waals surface area contributed by atoms with Gasteiger partial charge in [0.1, 0.15) is 11.5 Å². The highest BCUT2D eigenvalue weighted by atomic mass is 16.5. The van der Waals surface area contributed by atoms with E-state index in [2.05, 4.69) is 18.2 Å². The Morgan fingerprint density at radius 1 is 0.607 bits per heavy atom. The molecule has 0 N–H and O–H groups in total. The van der Waals surface area contributed by atoms with Crippen LogP contribution in [0.25, 0.3) is 11.1 Å². The minimum absolute atomic E-state index is 0.0117. The van der Waals surface area contributed by atoms with Gasteiger partial charge in [-0.2, -0.15) is 0 Å². The summed E-state index contributed by atoms with van der Waals surface area (Å²) < 4.78 is 5.99. The van der Waals surface area contributed by atoms with Crippen LogP contribution in [-0.4, -0.2) is 5.78 Å². The number of hydrogen-bond acceptors (Lipinski definition) is 2. The number of ether oxygens (including phenoxy) is 1. The van der Waals surface area contributed by atoms with E-state index in [1.165, 1.54) is 0 Å². The molecule has 0 saturated heterocycles. The van der Waals surface area contributed by atoms with E-state index in [0.717, 1.165) is 22.4 Å². The highest BCUT2D eigenvalue weighted by Crippen LogP contribution is 2.27. The van der Waals surface area contributed by atoms with E-state index >= 15 is 0 Å². The molecule has 0 atom stereocenters. The Morgan fingerprint density at radius 2 is 1.21 bits per heavy atom. The minimum Gasteiger partial charge on any atom is -0.457 e. The summed E-state index contributed by atoms with van der Waals surface area (Å²) in [7, 11) is 0. The third-order valence-electron chi connectivity index (χ3n) is 4.61. The maximum absolute atomic E-state index is 12.6. The molecule has 0 amide bonds. The lowest BCUT2D eigenvalue weighted by Gasteiger charge is -2.09. The third kappa shape index (κ3) is 4.02. The second kappa shape index (κ2) is 7.93. The van der Waals surface area contributed by atoms with Crippen molar-refractivity contribution >= 4 is 5.78 Å². The highest BCUT2D eigenvalue weighted by molar-refractivity contribution is 6.09. The molecule has 0 aliphatic rings. The summed E-state index contributed by atoms with van der Waals surface area (Å²) >= 11 is 0. The average Bonchev–Trinajstić information content (AvgIpc) is 2.75. The molecule has 0 saturated carbocycles. The Kier molecular flexibility index (Phi) is 5.03. The fourth-order valence-electron chi connectivity index (χ4n) is 3.05. The second-order valence-electron chi connectivity index (χ2n) is 6.72. The van der Waals surface area contributed by atoms with E-state index < -0.39 is 0 Å². The molecule has 2 nitrogen and oxygen atoms in total. The minimum atomic E-state index is 0.0117. The molecule has 2 heteroatoms. The maximum atomic E-state index is 12.6. The van der Waals surface area contributed by atoms with Gasteiger partial charge in [-0.25, -0.2) is 0 Å². The van der Waals surface area contributed by atoms with Gasteiger partial charge >= 0.3 is 0 Å². The Hall–Kier alpha value is -3.65. The molecule has 0 aliphatic carbocycles. The van der Waals surface area contributed by atoms with Gasteiger partial charge in [0.05, 0.1) is 0 Å².